The summed E-state index contributed by atoms with van der Waals surface area (Å²) < 4.78 is 6.60. The van der Waals surface area contributed by atoms with Gasteiger partial charge in [-0.15, -0.1) is 0 Å². The lowest BCUT2D eigenvalue weighted by molar-refractivity contribution is 0.282. The molecule has 0 radical (unpaired) electrons. The molecule has 0 unspecified atom stereocenters. The van der Waals surface area contributed by atoms with Crippen LogP contribution in [-0.2, 0) is 10.8 Å². The molecular weight excluding hydrogens is 320 g/mol. The van der Waals surface area contributed by atoms with Crippen molar-refractivity contribution in [2.75, 3.05) is 6.61 Å². The Hall–Kier alpha value is -1.12. The standard InChI is InChI=1S/C23H38OSi/c1-19(2)25(20(3)4,21(5)6)24-18-17-22(7)13-11-12-16-23-14-9-8-10-15-23/h8-11,13-15,19-21H,7,12,16-18H2,1-6H3/b13-11+. The Morgan fingerprint density at radius 1 is 1.00 bits per heavy atom. The second-order valence-corrected chi connectivity index (χ2v) is 13.5. The SMILES string of the molecule is C=C(/C=C/CCc1ccccc1)CCO[Si](C(C)C)(C(C)C)C(C)C. The van der Waals surface area contributed by atoms with Crippen LogP contribution >= 0.6 is 0 Å². The number of benzene rings is 1. The molecule has 0 aliphatic carbocycles. The predicted molar refractivity (Wildman–Crippen MR) is 115 cm³/mol. The van der Waals surface area contributed by atoms with Gasteiger partial charge < -0.3 is 4.43 Å². The summed E-state index contributed by atoms with van der Waals surface area (Å²) in [6.45, 7) is 19.0. The highest BCUT2D eigenvalue weighted by atomic mass is 28.4. The molecule has 1 aromatic carbocycles. The topological polar surface area (TPSA) is 9.23 Å². The van der Waals surface area contributed by atoms with Crippen molar-refractivity contribution in [3.8, 4) is 0 Å². The van der Waals surface area contributed by atoms with E-state index in [4.69, 9.17) is 4.43 Å². The third-order valence-corrected chi connectivity index (χ3v) is 11.4. The van der Waals surface area contributed by atoms with Crippen LogP contribution in [0, 0.1) is 0 Å². The second-order valence-electron chi connectivity index (χ2n) is 8.00. The number of hydrogen-bond acceptors (Lipinski definition) is 1. The Kier molecular flexibility index (Phi) is 9.45. The average Bonchev–Trinajstić information content (AvgIpc) is 2.55. The third kappa shape index (κ3) is 6.60. The monoisotopic (exact) mass is 358 g/mol. The van der Waals surface area contributed by atoms with Crippen LogP contribution in [0.1, 0.15) is 59.9 Å². The molecule has 1 rings (SSSR count). The van der Waals surface area contributed by atoms with E-state index in [0.717, 1.165) is 25.9 Å². The van der Waals surface area contributed by atoms with Gasteiger partial charge >= 0.3 is 0 Å². The van der Waals surface area contributed by atoms with E-state index in [2.05, 4.69) is 90.6 Å². The summed E-state index contributed by atoms with van der Waals surface area (Å²) in [6.07, 6.45) is 7.50. The van der Waals surface area contributed by atoms with Crippen molar-refractivity contribution in [1.29, 1.82) is 0 Å². The smallest absolute Gasteiger partial charge is 0.200 e. The van der Waals surface area contributed by atoms with Crippen molar-refractivity contribution in [2.45, 2.75) is 77.4 Å². The largest absolute Gasteiger partial charge is 0.416 e. The van der Waals surface area contributed by atoms with Gasteiger partial charge in [-0.05, 0) is 41.4 Å². The summed E-state index contributed by atoms with van der Waals surface area (Å²) in [5.41, 5.74) is 4.49. The molecule has 0 amide bonds. The summed E-state index contributed by atoms with van der Waals surface area (Å²) in [4.78, 5) is 0. The summed E-state index contributed by atoms with van der Waals surface area (Å²) in [6, 6.07) is 10.6. The van der Waals surface area contributed by atoms with Gasteiger partial charge in [0.2, 0.25) is 0 Å². The lowest BCUT2D eigenvalue weighted by Crippen LogP contribution is -2.47. The molecule has 0 saturated heterocycles. The number of allylic oxidation sites excluding steroid dienone is 2. The molecule has 140 valence electrons. The van der Waals surface area contributed by atoms with E-state index < -0.39 is 8.32 Å². The van der Waals surface area contributed by atoms with Gasteiger partial charge in [0.05, 0.1) is 0 Å². The lowest BCUT2D eigenvalue weighted by Gasteiger charge is -2.42. The van der Waals surface area contributed by atoms with Crippen molar-refractivity contribution in [3.63, 3.8) is 0 Å². The maximum Gasteiger partial charge on any atom is 0.200 e. The minimum Gasteiger partial charge on any atom is -0.416 e. The molecule has 0 bridgehead atoms. The molecule has 0 aromatic heterocycles. The lowest BCUT2D eigenvalue weighted by atomic mass is 10.1. The summed E-state index contributed by atoms with van der Waals surface area (Å²) in [5, 5.41) is 0. The molecule has 2 heteroatoms. The first-order chi connectivity index (χ1) is 11.8. The van der Waals surface area contributed by atoms with Gasteiger partial charge in [-0.2, -0.15) is 0 Å². The van der Waals surface area contributed by atoms with Crippen LogP contribution in [0.3, 0.4) is 0 Å². The van der Waals surface area contributed by atoms with E-state index in [0.29, 0.717) is 16.6 Å². The van der Waals surface area contributed by atoms with Gasteiger partial charge in [-0.1, -0.05) is 96.2 Å². The molecule has 0 aliphatic heterocycles. The fourth-order valence-corrected chi connectivity index (χ4v) is 9.54. The quantitative estimate of drug-likeness (QED) is 0.297. The van der Waals surface area contributed by atoms with Crippen LogP contribution in [0.5, 0.6) is 0 Å². The molecule has 0 spiro atoms. The minimum atomic E-state index is -1.74. The van der Waals surface area contributed by atoms with Gasteiger partial charge in [0, 0.05) is 6.61 Å². The zero-order chi connectivity index (χ0) is 18.9. The molecule has 25 heavy (non-hydrogen) atoms. The maximum atomic E-state index is 6.60. The van der Waals surface area contributed by atoms with E-state index in [-0.39, 0.29) is 0 Å². The molecule has 0 N–H and O–H groups in total. The molecule has 0 fully saturated rings. The minimum absolute atomic E-state index is 0.641. The van der Waals surface area contributed by atoms with E-state index in [1.807, 2.05) is 0 Å². The van der Waals surface area contributed by atoms with Gasteiger partial charge in [0.1, 0.15) is 0 Å². The second kappa shape index (κ2) is 10.8. The average molecular weight is 359 g/mol. The van der Waals surface area contributed by atoms with Gasteiger partial charge in [0.25, 0.3) is 0 Å². The Bertz CT molecular complexity index is 507. The van der Waals surface area contributed by atoms with Crippen LogP contribution in [0.4, 0.5) is 0 Å². The fourth-order valence-electron chi connectivity index (χ4n) is 4.09. The maximum absolute atomic E-state index is 6.60. The summed E-state index contributed by atoms with van der Waals surface area (Å²) in [5.74, 6) is 0. The third-order valence-electron chi connectivity index (χ3n) is 5.28. The molecule has 0 saturated carbocycles. The summed E-state index contributed by atoms with van der Waals surface area (Å²) >= 11 is 0. The first-order valence-electron chi connectivity index (χ1n) is 9.82. The van der Waals surface area contributed by atoms with E-state index >= 15 is 0 Å². The van der Waals surface area contributed by atoms with Crippen LogP contribution in [0.25, 0.3) is 0 Å². The highest BCUT2D eigenvalue weighted by Gasteiger charge is 2.44. The Balaban J connectivity index is 2.43. The van der Waals surface area contributed by atoms with Crippen molar-refractivity contribution in [2.24, 2.45) is 0 Å². The zero-order valence-electron chi connectivity index (χ0n) is 17.2. The molecule has 1 aromatic rings. The zero-order valence-corrected chi connectivity index (χ0v) is 18.2. The van der Waals surface area contributed by atoms with Crippen molar-refractivity contribution >= 4 is 8.32 Å². The Morgan fingerprint density at radius 2 is 1.56 bits per heavy atom. The highest BCUT2D eigenvalue weighted by Crippen LogP contribution is 2.42. The first kappa shape index (κ1) is 21.9. The van der Waals surface area contributed by atoms with E-state index in [9.17, 15) is 0 Å². The van der Waals surface area contributed by atoms with Gasteiger partial charge in [-0.25, -0.2) is 0 Å². The van der Waals surface area contributed by atoms with Gasteiger partial charge in [-0.3, -0.25) is 0 Å². The molecule has 1 nitrogen and oxygen atoms in total. The number of rotatable bonds is 11. The van der Waals surface area contributed by atoms with Crippen molar-refractivity contribution in [3.05, 3.63) is 60.2 Å². The molecule has 0 heterocycles. The van der Waals surface area contributed by atoms with E-state index in [1.54, 1.807) is 0 Å². The molecular formula is C23H38OSi. The van der Waals surface area contributed by atoms with Crippen LogP contribution in [0.15, 0.2) is 54.6 Å². The predicted octanol–water partition coefficient (Wildman–Crippen LogP) is 7.31. The molecule has 0 aliphatic rings. The van der Waals surface area contributed by atoms with Crippen molar-refractivity contribution < 1.29 is 4.43 Å². The van der Waals surface area contributed by atoms with Gasteiger partial charge in [0.15, 0.2) is 8.32 Å². The number of aryl methyl sites for hydroxylation is 1. The highest BCUT2D eigenvalue weighted by molar-refractivity contribution is 6.77. The number of hydrogen-bond donors (Lipinski definition) is 0. The normalized spacial score (nSPS) is 12.7. The first-order valence-corrected chi connectivity index (χ1v) is 12.0. The van der Waals surface area contributed by atoms with Crippen LogP contribution in [0.2, 0.25) is 16.6 Å². The Morgan fingerprint density at radius 3 is 2.08 bits per heavy atom. The van der Waals surface area contributed by atoms with Crippen LogP contribution in [-0.4, -0.2) is 14.9 Å². The van der Waals surface area contributed by atoms with Crippen LogP contribution < -0.4 is 0 Å². The summed E-state index contributed by atoms with van der Waals surface area (Å²) in [7, 11) is -1.74. The molecule has 0 atom stereocenters. The Labute approximate surface area is 157 Å². The van der Waals surface area contributed by atoms with Crippen molar-refractivity contribution in [1.82, 2.24) is 0 Å². The fraction of sp³-hybridized carbons (Fsp3) is 0.565. The van der Waals surface area contributed by atoms with E-state index in [1.165, 1.54) is 11.1 Å².